The number of halogens is 3. The van der Waals surface area contributed by atoms with E-state index in [1.807, 2.05) is 6.92 Å². The zero-order chi connectivity index (χ0) is 14.0. The Bertz CT molecular complexity index is 642. The van der Waals surface area contributed by atoms with E-state index in [2.05, 4.69) is 15.9 Å². The molecule has 0 fully saturated rings. The van der Waals surface area contributed by atoms with Crippen LogP contribution in [0.25, 0.3) is 0 Å². The Balaban J connectivity index is 2.36. The van der Waals surface area contributed by atoms with E-state index in [4.69, 9.17) is 27.9 Å². The Hall–Kier alpha value is -1.03. The van der Waals surface area contributed by atoms with Gasteiger partial charge in [0.1, 0.15) is 17.8 Å². The molecule has 2 aromatic carbocycles. The second-order valence-corrected chi connectivity index (χ2v) is 5.61. The summed E-state index contributed by atoms with van der Waals surface area (Å²) >= 11 is 15.4. The average molecular weight is 360 g/mol. The predicted octanol–water partition coefficient (Wildman–Crippen LogP) is 5.67. The van der Waals surface area contributed by atoms with Gasteiger partial charge < -0.3 is 4.74 Å². The molecule has 0 aromatic heterocycles. The van der Waals surface area contributed by atoms with Crippen LogP contribution in [0.1, 0.15) is 15.9 Å². The number of carbonyl (C=O) groups is 1. The van der Waals surface area contributed by atoms with Gasteiger partial charge in [-0.25, -0.2) is 0 Å². The first-order valence-corrected chi connectivity index (χ1v) is 6.94. The molecule has 0 aliphatic carbocycles. The minimum Gasteiger partial charge on any atom is -0.455 e. The fourth-order valence-corrected chi connectivity index (χ4v) is 2.39. The topological polar surface area (TPSA) is 26.3 Å². The van der Waals surface area contributed by atoms with Gasteiger partial charge in [-0.3, -0.25) is 4.79 Å². The van der Waals surface area contributed by atoms with E-state index < -0.39 is 0 Å². The summed E-state index contributed by atoms with van der Waals surface area (Å²) in [5.41, 5.74) is 1.45. The van der Waals surface area contributed by atoms with Gasteiger partial charge in [0.05, 0.1) is 10.0 Å². The minimum absolute atomic E-state index is 0.454. The van der Waals surface area contributed by atoms with Crippen molar-refractivity contribution >= 4 is 45.4 Å². The predicted molar refractivity (Wildman–Crippen MR) is 80.8 cm³/mol. The van der Waals surface area contributed by atoms with Gasteiger partial charge in [0.25, 0.3) is 0 Å². The zero-order valence-corrected chi connectivity index (χ0v) is 13.0. The summed E-state index contributed by atoms with van der Waals surface area (Å²) in [4.78, 5) is 10.7. The summed E-state index contributed by atoms with van der Waals surface area (Å²) in [6.45, 7) is 1.86. The Morgan fingerprint density at radius 3 is 2.47 bits per heavy atom. The second-order valence-electron chi connectivity index (χ2n) is 3.94. The normalized spacial score (nSPS) is 10.3. The molecule has 0 radical (unpaired) electrons. The van der Waals surface area contributed by atoms with Crippen molar-refractivity contribution in [2.45, 2.75) is 6.92 Å². The third-order valence-electron chi connectivity index (χ3n) is 2.53. The molecule has 0 unspecified atom stereocenters. The van der Waals surface area contributed by atoms with Crippen molar-refractivity contribution in [1.29, 1.82) is 0 Å². The van der Waals surface area contributed by atoms with Crippen LogP contribution in [0.5, 0.6) is 11.5 Å². The van der Waals surface area contributed by atoms with Gasteiger partial charge in [0.15, 0.2) is 0 Å². The number of benzene rings is 2. The molecule has 0 atom stereocenters. The van der Waals surface area contributed by atoms with Crippen molar-refractivity contribution in [3.63, 3.8) is 0 Å². The largest absolute Gasteiger partial charge is 0.455 e. The molecule has 2 rings (SSSR count). The van der Waals surface area contributed by atoms with Crippen molar-refractivity contribution < 1.29 is 9.53 Å². The molecule has 0 N–H and O–H groups in total. The Labute approximate surface area is 129 Å². The molecular formula is C14H9BrCl2O2. The molecular weight excluding hydrogens is 351 g/mol. The van der Waals surface area contributed by atoms with Crippen LogP contribution in [0.3, 0.4) is 0 Å². The van der Waals surface area contributed by atoms with E-state index in [-0.39, 0.29) is 0 Å². The standard InChI is InChI=1S/C14H9BrCl2O2/c1-8-4-9(7-18)2-3-13(8)19-14-6-11(16)10(15)5-12(14)17/h2-7H,1H3. The van der Waals surface area contributed by atoms with Gasteiger partial charge in [0, 0.05) is 16.1 Å². The number of ether oxygens (including phenoxy) is 1. The minimum atomic E-state index is 0.454. The quantitative estimate of drug-likeness (QED) is 0.521. The van der Waals surface area contributed by atoms with Gasteiger partial charge in [-0.15, -0.1) is 0 Å². The third kappa shape index (κ3) is 3.30. The van der Waals surface area contributed by atoms with Crippen molar-refractivity contribution in [2.24, 2.45) is 0 Å². The summed E-state index contributed by atoms with van der Waals surface area (Å²) in [6.07, 6.45) is 0.792. The second kappa shape index (κ2) is 5.95. The van der Waals surface area contributed by atoms with Crippen LogP contribution in [0.15, 0.2) is 34.8 Å². The summed E-state index contributed by atoms with van der Waals surface area (Å²) < 4.78 is 6.43. The molecule has 5 heteroatoms. The molecule has 0 aliphatic rings. The smallest absolute Gasteiger partial charge is 0.150 e. The molecule has 0 saturated heterocycles. The lowest BCUT2D eigenvalue weighted by atomic mass is 10.1. The highest BCUT2D eigenvalue weighted by molar-refractivity contribution is 9.10. The number of aryl methyl sites for hydroxylation is 1. The number of aldehydes is 1. The molecule has 0 amide bonds. The lowest BCUT2D eigenvalue weighted by Gasteiger charge is -2.11. The maximum atomic E-state index is 10.7. The van der Waals surface area contributed by atoms with Crippen molar-refractivity contribution in [3.05, 3.63) is 56.0 Å². The Morgan fingerprint density at radius 1 is 1.11 bits per heavy atom. The van der Waals surface area contributed by atoms with Crippen LogP contribution in [0.2, 0.25) is 10.0 Å². The lowest BCUT2D eigenvalue weighted by molar-refractivity contribution is 0.112. The molecule has 98 valence electrons. The highest BCUT2D eigenvalue weighted by Crippen LogP contribution is 2.37. The molecule has 2 aromatic rings. The summed E-state index contributed by atoms with van der Waals surface area (Å²) in [6, 6.07) is 8.47. The molecule has 0 spiro atoms. The first-order chi connectivity index (χ1) is 9.01. The molecule has 0 bridgehead atoms. The van der Waals surface area contributed by atoms with E-state index in [9.17, 15) is 4.79 Å². The number of carbonyl (C=O) groups excluding carboxylic acids is 1. The highest BCUT2D eigenvalue weighted by Gasteiger charge is 2.09. The molecule has 19 heavy (non-hydrogen) atoms. The summed E-state index contributed by atoms with van der Waals surface area (Å²) in [5, 5.41) is 0.969. The van der Waals surface area contributed by atoms with E-state index in [1.165, 1.54) is 0 Å². The molecule has 0 heterocycles. The lowest BCUT2D eigenvalue weighted by Crippen LogP contribution is -1.90. The van der Waals surface area contributed by atoms with Gasteiger partial charge >= 0.3 is 0 Å². The number of hydrogen-bond donors (Lipinski definition) is 0. The number of rotatable bonds is 3. The van der Waals surface area contributed by atoms with Crippen molar-refractivity contribution in [3.8, 4) is 11.5 Å². The monoisotopic (exact) mass is 358 g/mol. The summed E-state index contributed by atoms with van der Waals surface area (Å²) in [5.74, 6) is 1.10. The summed E-state index contributed by atoms with van der Waals surface area (Å²) in [7, 11) is 0. The van der Waals surface area contributed by atoms with Crippen LogP contribution >= 0.6 is 39.1 Å². The highest BCUT2D eigenvalue weighted by atomic mass is 79.9. The van der Waals surface area contributed by atoms with Gasteiger partial charge in [0.2, 0.25) is 0 Å². The zero-order valence-electron chi connectivity index (χ0n) is 9.91. The van der Waals surface area contributed by atoms with Crippen LogP contribution in [-0.4, -0.2) is 6.29 Å². The van der Waals surface area contributed by atoms with Gasteiger partial charge in [-0.2, -0.15) is 0 Å². The fraction of sp³-hybridized carbons (Fsp3) is 0.0714. The van der Waals surface area contributed by atoms with Crippen LogP contribution in [0, 0.1) is 6.92 Å². The van der Waals surface area contributed by atoms with E-state index in [0.717, 1.165) is 11.8 Å². The van der Waals surface area contributed by atoms with Gasteiger partial charge in [-0.1, -0.05) is 23.2 Å². The maximum Gasteiger partial charge on any atom is 0.150 e. The molecule has 0 aliphatic heterocycles. The van der Waals surface area contributed by atoms with Crippen LogP contribution < -0.4 is 4.74 Å². The van der Waals surface area contributed by atoms with Crippen molar-refractivity contribution in [1.82, 2.24) is 0 Å². The Morgan fingerprint density at radius 2 is 1.84 bits per heavy atom. The molecule has 2 nitrogen and oxygen atoms in total. The molecule has 0 saturated carbocycles. The first kappa shape index (κ1) is 14.4. The maximum absolute atomic E-state index is 10.7. The fourth-order valence-electron chi connectivity index (χ4n) is 1.56. The number of hydrogen-bond acceptors (Lipinski definition) is 2. The van der Waals surface area contributed by atoms with E-state index in [1.54, 1.807) is 30.3 Å². The van der Waals surface area contributed by atoms with Crippen LogP contribution in [-0.2, 0) is 0 Å². The van der Waals surface area contributed by atoms with Gasteiger partial charge in [-0.05, 0) is 52.7 Å². The average Bonchev–Trinajstić information content (AvgIpc) is 2.38. The van der Waals surface area contributed by atoms with Crippen LogP contribution in [0.4, 0.5) is 0 Å². The van der Waals surface area contributed by atoms with E-state index in [0.29, 0.717) is 31.6 Å². The van der Waals surface area contributed by atoms with Crippen molar-refractivity contribution in [2.75, 3.05) is 0 Å². The SMILES string of the molecule is Cc1cc(C=O)ccc1Oc1cc(Cl)c(Br)cc1Cl. The first-order valence-electron chi connectivity index (χ1n) is 5.39. The van der Waals surface area contributed by atoms with E-state index >= 15 is 0 Å². The Kier molecular flexibility index (Phi) is 4.50. The third-order valence-corrected chi connectivity index (χ3v) is 4.02.